The maximum Gasteiger partial charge on any atom is 0.277 e. The minimum absolute atomic E-state index is 0.532. The van der Waals surface area contributed by atoms with E-state index in [1.165, 1.54) is 6.92 Å². The molecule has 0 saturated carbocycles. The van der Waals surface area contributed by atoms with Gasteiger partial charge in [-0.1, -0.05) is 28.1 Å². The van der Waals surface area contributed by atoms with Crippen molar-refractivity contribution in [3.8, 4) is 0 Å². The first-order valence-electron chi connectivity index (χ1n) is 5.60. The van der Waals surface area contributed by atoms with Crippen LogP contribution in [-0.2, 0) is 10.3 Å². The predicted molar refractivity (Wildman–Crippen MR) is 72.7 cm³/mol. The number of nitrogens with one attached hydrogen (secondary N) is 1. The van der Waals surface area contributed by atoms with E-state index in [0.29, 0.717) is 5.56 Å². The Balaban J connectivity index is 2.77. The van der Waals surface area contributed by atoms with E-state index in [0.717, 1.165) is 4.47 Å². The van der Waals surface area contributed by atoms with Gasteiger partial charge in [0.25, 0.3) is 5.92 Å². The van der Waals surface area contributed by atoms with E-state index in [-0.39, 0.29) is 0 Å². The number of amides is 1. The third kappa shape index (κ3) is 4.22. The number of hydrogen-bond donors (Lipinski definition) is 3. The molecule has 0 radical (unpaired) electrons. The molecule has 19 heavy (non-hydrogen) atoms. The normalized spacial score (nSPS) is 14.8. The number of rotatable bonds is 5. The Morgan fingerprint density at radius 1 is 1.37 bits per heavy atom. The number of nitrogens with two attached hydrogens (primary N) is 2. The van der Waals surface area contributed by atoms with Crippen LogP contribution >= 0.6 is 15.9 Å². The van der Waals surface area contributed by atoms with E-state index < -0.39 is 30.5 Å². The Kier molecular flexibility index (Phi) is 5.00. The fraction of sp³-hybridized carbons (Fsp3) is 0.417. The van der Waals surface area contributed by atoms with Gasteiger partial charge in [0.2, 0.25) is 5.91 Å². The summed E-state index contributed by atoms with van der Waals surface area (Å²) in [6, 6.07) is 6.76. The molecule has 0 spiro atoms. The highest BCUT2D eigenvalue weighted by atomic mass is 79.9. The Labute approximate surface area is 118 Å². The molecule has 5 N–H and O–H groups in total. The van der Waals surface area contributed by atoms with E-state index in [2.05, 4.69) is 21.2 Å². The molecular weight excluding hydrogens is 320 g/mol. The van der Waals surface area contributed by atoms with Gasteiger partial charge in [-0.2, -0.15) is 0 Å². The van der Waals surface area contributed by atoms with Gasteiger partial charge in [-0.05, 0) is 24.6 Å². The molecule has 0 fully saturated rings. The molecule has 0 aliphatic carbocycles. The summed E-state index contributed by atoms with van der Waals surface area (Å²) in [6.07, 6.45) is 0. The molecule has 1 aromatic carbocycles. The van der Waals surface area contributed by atoms with Gasteiger partial charge in [-0.25, -0.2) is 8.78 Å². The van der Waals surface area contributed by atoms with E-state index in [4.69, 9.17) is 11.5 Å². The van der Waals surface area contributed by atoms with E-state index in [1.54, 1.807) is 24.3 Å². The second kappa shape index (κ2) is 5.94. The third-order valence-electron chi connectivity index (χ3n) is 2.72. The Bertz CT molecular complexity index is 449. The Morgan fingerprint density at radius 2 is 1.89 bits per heavy atom. The van der Waals surface area contributed by atoms with Crippen LogP contribution in [0.2, 0.25) is 0 Å². The third-order valence-corrected chi connectivity index (χ3v) is 3.25. The summed E-state index contributed by atoms with van der Waals surface area (Å²) in [5.41, 5.74) is 9.94. The lowest BCUT2D eigenvalue weighted by Gasteiger charge is -2.25. The van der Waals surface area contributed by atoms with Crippen LogP contribution in [0.1, 0.15) is 12.5 Å². The second-order valence-electron chi connectivity index (χ2n) is 4.45. The van der Waals surface area contributed by atoms with Crippen LogP contribution < -0.4 is 16.8 Å². The van der Waals surface area contributed by atoms with E-state index >= 15 is 0 Å². The lowest BCUT2D eigenvalue weighted by atomic mass is 9.92. The molecule has 1 amide bonds. The highest BCUT2D eigenvalue weighted by Gasteiger charge is 2.34. The van der Waals surface area contributed by atoms with Crippen molar-refractivity contribution in [3.05, 3.63) is 34.3 Å². The van der Waals surface area contributed by atoms with Crippen molar-refractivity contribution in [1.82, 2.24) is 5.32 Å². The van der Waals surface area contributed by atoms with Gasteiger partial charge in [-0.3, -0.25) is 4.79 Å². The minimum atomic E-state index is -3.13. The standard InChI is InChI=1S/C12H16BrF2N3O/c1-11(17,8-2-4-9(13)5-3-8)10(19)18-7-12(14,15)6-16/h2-5H,6-7,16-17H2,1H3,(H,18,19). The van der Waals surface area contributed by atoms with Gasteiger partial charge in [0, 0.05) is 4.47 Å². The molecule has 7 heteroatoms. The molecule has 0 aliphatic rings. The second-order valence-corrected chi connectivity index (χ2v) is 5.37. The molecule has 1 unspecified atom stereocenters. The topological polar surface area (TPSA) is 81.1 Å². The summed E-state index contributed by atoms with van der Waals surface area (Å²) in [5, 5.41) is 2.12. The zero-order valence-electron chi connectivity index (χ0n) is 10.4. The van der Waals surface area contributed by atoms with Crippen molar-refractivity contribution < 1.29 is 13.6 Å². The number of carbonyl (C=O) groups excluding carboxylic acids is 1. The van der Waals surface area contributed by atoms with Crippen molar-refractivity contribution in [2.24, 2.45) is 11.5 Å². The summed E-state index contributed by atoms with van der Waals surface area (Å²) >= 11 is 3.26. The highest BCUT2D eigenvalue weighted by Crippen LogP contribution is 2.21. The molecule has 1 rings (SSSR count). The van der Waals surface area contributed by atoms with Gasteiger partial charge in [0.1, 0.15) is 5.54 Å². The summed E-state index contributed by atoms with van der Waals surface area (Å²) in [6.45, 7) is -0.190. The smallest absolute Gasteiger partial charge is 0.277 e. The van der Waals surface area contributed by atoms with Crippen LogP contribution in [-0.4, -0.2) is 24.9 Å². The first-order valence-corrected chi connectivity index (χ1v) is 6.39. The molecule has 0 bridgehead atoms. The number of hydrogen-bond acceptors (Lipinski definition) is 3. The number of alkyl halides is 2. The average molecular weight is 336 g/mol. The zero-order valence-corrected chi connectivity index (χ0v) is 12.0. The number of benzene rings is 1. The van der Waals surface area contributed by atoms with Crippen molar-refractivity contribution in [2.75, 3.05) is 13.1 Å². The van der Waals surface area contributed by atoms with Crippen molar-refractivity contribution in [2.45, 2.75) is 18.4 Å². The van der Waals surface area contributed by atoms with Crippen LogP contribution in [0.4, 0.5) is 8.78 Å². The lowest BCUT2D eigenvalue weighted by molar-refractivity contribution is -0.127. The number of carbonyl (C=O) groups is 1. The SMILES string of the molecule is CC(N)(C(=O)NCC(F)(F)CN)c1ccc(Br)cc1. The molecular formula is C12H16BrF2N3O. The first kappa shape index (κ1) is 16.0. The molecule has 0 heterocycles. The monoisotopic (exact) mass is 335 g/mol. The summed E-state index contributed by atoms with van der Waals surface area (Å²) in [7, 11) is 0. The van der Waals surface area contributed by atoms with Crippen molar-refractivity contribution >= 4 is 21.8 Å². The van der Waals surface area contributed by atoms with E-state index in [9.17, 15) is 13.6 Å². The predicted octanol–water partition coefficient (Wildman–Crippen LogP) is 1.33. The van der Waals surface area contributed by atoms with Crippen molar-refractivity contribution in [3.63, 3.8) is 0 Å². The van der Waals surface area contributed by atoms with Gasteiger partial charge >= 0.3 is 0 Å². The zero-order chi connectivity index (χ0) is 14.7. The summed E-state index contributed by atoms with van der Waals surface area (Å²) in [5.74, 6) is -3.81. The quantitative estimate of drug-likeness (QED) is 0.759. The summed E-state index contributed by atoms with van der Waals surface area (Å²) < 4.78 is 26.8. The molecule has 4 nitrogen and oxygen atoms in total. The molecule has 0 aromatic heterocycles. The molecule has 0 saturated heterocycles. The summed E-state index contributed by atoms with van der Waals surface area (Å²) in [4.78, 5) is 11.9. The van der Waals surface area contributed by atoms with Crippen molar-refractivity contribution in [1.29, 1.82) is 0 Å². The van der Waals surface area contributed by atoms with Crippen LogP contribution in [0.3, 0.4) is 0 Å². The molecule has 0 aliphatic heterocycles. The number of halogens is 3. The van der Waals surface area contributed by atoms with Crippen LogP contribution in [0.5, 0.6) is 0 Å². The highest BCUT2D eigenvalue weighted by molar-refractivity contribution is 9.10. The average Bonchev–Trinajstić information content (AvgIpc) is 2.36. The molecule has 1 aromatic rings. The molecule has 1 atom stereocenters. The molecule has 106 valence electrons. The fourth-order valence-electron chi connectivity index (χ4n) is 1.39. The fourth-order valence-corrected chi connectivity index (χ4v) is 1.66. The van der Waals surface area contributed by atoms with Crippen LogP contribution in [0, 0.1) is 0 Å². The first-order chi connectivity index (χ1) is 8.69. The van der Waals surface area contributed by atoms with Gasteiger partial charge in [0.05, 0.1) is 13.1 Å². The largest absolute Gasteiger partial charge is 0.348 e. The maximum absolute atomic E-state index is 13.0. The maximum atomic E-state index is 13.0. The minimum Gasteiger partial charge on any atom is -0.348 e. The van der Waals surface area contributed by atoms with Gasteiger partial charge in [-0.15, -0.1) is 0 Å². The van der Waals surface area contributed by atoms with Gasteiger partial charge in [0.15, 0.2) is 0 Å². The Hall–Kier alpha value is -1.05. The Morgan fingerprint density at radius 3 is 2.37 bits per heavy atom. The lowest BCUT2D eigenvalue weighted by Crippen LogP contribution is -2.52. The van der Waals surface area contributed by atoms with E-state index in [1.807, 2.05) is 0 Å². The van der Waals surface area contributed by atoms with Crippen LogP contribution in [0.25, 0.3) is 0 Å². The van der Waals surface area contributed by atoms with Crippen LogP contribution in [0.15, 0.2) is 28.7 Å². The van der Waals surface area contributed by atoms with Gasteiger partial charge < -0.3 is 16.8 Å².